The molecule has 0 radical (unpaired) electrons. The van der Waals surface area contributed by atoms with Crippen LogP contribution in [0, 0.1) is 0 Å². The molecule has 0 N–H and O–H groups in total. The molecule has 0 unspecified atom stereocenters. The third-order valence-corrected chi connectivity index (χ3v) is 6.24. The first-order chi connectivity index (χ1) is 11.0. The molecule has 23 heavy (non-hydrogen) atoms. The van der Waals surface area contributed by atoms with Crippen LogP contribution in [0.3, 0.4) is 0 Å². The first kappa shape index (κ1) is 16.6. The van der Waals surface area contributed by atoms with Gasteiger partial charge in [-0.25, -0.2) is 18.4 Å². The van der Waals surface area contributed by atoms with Crippen LogP contribution < -0.4 is 0 Å². The van der Waals surface area contributed by atoms with Gasteiger partial charge in [-0.05, 0) is 19.3 Å². The lowest BCUT2D eigenvalue weighted by Gasteiger charge is -2.17. The van der Waals surface area contributed by atoms with Crippen molar-refractivity contribution in [2.75, 3.05) is 6.26 Å². The van der Waals surface area contributed by atoms with E-state index in [-0.39, 0.29) is 0 Å². The van der Waals surface area contributed by atoms with Crippen LogP contribution in [0.25, 0.3) is 0 Å². The highest BCUT2D eigenvalue weighted by Crippen LogP contribution is 2.19. The third kappa shape index (κ3) is 3.99. The molecule has 3 heterocycles. The first-order valence-corrected chi connectivity index (χ1v) is 10.6. The monoisotopic (exact) mass is 354 g/mol. The molecule has 3 rings (SSSR count). The molecule has 2 aromatic rings. The lowest BCUT2D eigenvalue weighted by molar-refractivity contribution is 0.397. The summed E-state index contributed by atoms with van der Waals surface area (Å²) in [5.74, 6) is 1.07. The number of sulfonamides is 1. The van der Waals surface area contributed by atoms with E-state index in [4.69, 9.17) is 0 Å². The number of rotatable bonds is 6. The van der Waals surface area contributed by atoms with Gasteiger partial charge in [0.25, 0.3) is 0 Å². The quantitative estimate of drug-likeness (QED) is 0.797. The summed E-state index contributed by atoms with van der Waals surface area (Å²) in [6, 6.07) is 0. The minimum absolute atomic E-state index is 0.303. The maximum atomic E-state index is 12.1. The second-order valence-corrected chi connectivity index (χ2v) is 8.84. The standard InChI is InChI=1S/C15H22N4O2S2/c1-3-15-17-13(11-22-15)10-19(23(2,20)21)9-12-8-18-7-5-4-6-14(18)16-12/h8,11H,3-7,9-10H2,1-2H3. The summed E-state index contributed by atoms with van der Waals surface area (Å²) in [4.78, 5) is 9.08. The van der Waals surface area contributed by atoms with Crippen molar-refractivity contribution in [2.24, 2.45) is 0 Å². The second-order valence-electron chi connectivity index (χ2n) is 5.92. The van der Waals surface area contributed by atoms with E-state index in [0.717, 1.165) is 54.4 Å². The Morgan fingerprint density at radius 2 is 2.04 bits per heavy atom. The third-order valence-electron chi connectivity index (χ3n) is 4.01. The van der Waals surface area contributed by atoms with Crippen molar-refractivity contribution in [2.45, 2.75) is 52.2 Å². The largest absolute Gasteiger partial charge is 0.335 e. The molecule has 0 aliphatic carbocycles. The lowest BCUT2D eigenvalue weighted by Crippen LogP contribution is -2.29. The van der Waals surface area contributed by atoms with Crippen molar-refractivity contribution in [1.82, 2.24) is 18.8 Å². The summed E-state index contributed by atoms with van der Waals surface area (Å²) in [6.45, 7) is 3.63. The Hall–Kier alpha value is -1.25. The molecule has 0 amide bonds. The maximum absolute atomic E-state index is 12.1. The molecule has 0 saturated carbocycles. The summed E-state index contributed by atoms with van der Waals surface area (Å²) in [6.07, 6.45) is 7.41. The first-order valence-electron chi connectivity index (χ1n) is 7.89. The SMILES string of the molecule is CCc1nc(CN(Cc2cn3c(n2)CCCC3)S(C)(=O)=O)cs1. The van der Waals surface area contributed by atoms with E-state index in [2.05, 4.69) is 14.5 Å². The van der Waals surface area contributed by atoms with Crippen molar-refractivity contribution in [3.8, 4) is 0 Å². The summed E-state index contributed by atoms with van der Waals surface area (Å²) < 4.78 is 27.9. The van der Waals surface area contributed by atoms with Crippen molar-refractivity contribution in [1.29, 1.82) is 0 Å². The van der Waals surface area contributed by atoms with E-state index in [1.54, 1.807) is 11.3 Å². The van der Waals surface area contributed by atoms with Crippen LogP contribution in [-0.4, -0.2) is 33.5 Å². The van der Waals surface area contributed by atoms with Crippen LogP contribution in [0.15, 0.2) is 11.6 Å². The molecule has 1 aliphatic heterocycles. The zero-order valence-corrected chi connectivity index (χ0v) is 15.2. The molecule has 0 atom stereocenters. The maximum Gasteiger partial charge on any atom is 0.211 e. The highest BCUT2D eigenvalue weighted by molar-refractivity contribution is 7.88. The summed E-state index contributed by atoms with van der Waals surface area (Å²) in [5, 5.41) is 2.97. The van der Waals surface area contributed by atoms with Crippen molar-refractivity contribution >= 4 is 21.4 Å². The van der Waals surface area contributed by atoms with Crippen molar-refractivity contribution in [3.05, 3.63) is 33.8 Å². The van der Waals surface area contributed by atoms with Crippen LogP contribution in [0.5, 0.6) is 0 Å². The van der Waals surface area contributed by atoms with E-state index >= 15 is 0 Å². The lowest BCUT2D eigenvalue weighted by atomic mass is 10.2. The van der Waals surface area contributed by atoms with Gasteiger partial charge < -0.3 is 4.57 Å². The van der Waals surface area contributed by atoms with E-state index in [0.29, 0.717) is 13.1 Å². The average Bonchev–Trinajstić information content (AvgIpc) is 3.11. The smallest absolute Gasteiger partial charge is 0.211 e. The Morgan fingerprint density at radius 1 is 1.26 bits per heavy atom. The Labute approximate surface area is 141 Å². The van der Waals surface area contributed by atoms with E-state index in [1.165, 1.54) is 10.6 Å². The predicted octanol–water partition coefficient (Wildman–Crippen LogP) is 2.20. The average molecular weight is 355 g/mol. The number of hydrogen-bond acceptors (Lipinski definition) is 5. The number of fused-ring (bicyclic) bond motifs is 1. The van der Waals surface area contributed by atoms with Gasteiger partial charge in [-0.15, -0.1) is 11.3 Å². The number of thiazole rings is 1. The Balaban J connectivity index is 1.78. The van der Waals surface area contributed by atoms with Gasteiger partial charge in [0.2, 0.25) is 10.0 Å². The van der Waals surface area contributed by atoms with Crippen LogP contribution in [0.1, 0.15) is 42.0 Å². The fourth-order valence-corrected chi connectivity index (χ4v) is 4.25. The number of imidazole rings is 1. The number of aromatic nitrogens is 3. The molecule has 8 heteroatoms. The van der Waals surface area contributed by atoms with Crippen LogP contribution >= 0.6 is 11.3 Å². The predicted molar refractivity (Wildman–Crippen MR) is 90.7 cm³/mol. The van der Waals surface area contributed by atoms with Gasteiger partial charge in [0, 0.05) is 24.5 Å². The fourth-order valence-electron chi connectivity index (χ4n) is 2.78. The Kier molecular flexibility index (Phi) is 4.84. The minimum atomic E-state index is -3.31. The topological polar surface area (TPSA) is 68.1 Å². The highest BCUT2D eigenvalue weighted by atomic mass is 32.2. The summed E-state index contributed by atoms with van der Waals surface area (Å²) in [5.41, 5.74) is 1.62. The van der Waals surface area contributed by atoms with Gasteiger partial charge in [-0.3, -0.25) is 0 Å². The second kappa shape index (κ2) is 6.70. The molecule has 0 spiro atoms. The van der Waals surface area contributed by atoms with E-state index in [1.807, 2.05) is 18.5 Å². The number of aryl methyl sites for hydroxylation is 3. The zero-order valence-electron chi connectivity index (χ0n) is 13.5. The molecular weight excluding hydrogens is 332 g/mol. The van der Waals surface area contributed by atoms with Crippen molar-refractivity contribution < 1.29 is 8.42 Å². The Bertz CT molecular complexity index is 756. The molecule has 1 aliphatic rings. The Morgan fingerprint density at radius 3 is 2.70 bits per heavy atom. The molecule has 0 saturated heterocycles. The molecule has 6 nitrogen and oxygen atoms in total. The van der Waals surface area contributed by atoms with Gasteiger partial charge in [-0.2, -0.15) is 4.31 Å². The van der Waals surface area contributed by atoms with Gasteiger partial charge in [0.1, 0.15) is 5.82 Å². The number of hydrogen-bond donors (Lipinski definition) is 0. The summed E-state index contributed by atoms with van der Waals surface area (Å²) in [7, 11) is -3.31. The van der Waals surface area contributed by atoms with E-state index < -0.39 is 10.0 Å². The van der Waals surface area contributed by atoms with Gasteiger partial charge >= 0.3 is 0 Å². The molecule has 0 bridgehead atoms. The van der Waals surface area contributed by atoms with Crippen LogP contribution in [0.4, 0.5) is 0 Å². The molecular formula is C15H22N4O2S2. The highest BCUT2D eigenvalue weighted by Gasteiger charge is 2.21. The summed E-state index contributed by atoms with van der Waals surface area (Å²) >= 11 is 1.58. The van der Waals surface area contributed by atoms with Gasteiger partial charge in [0.15, 0.2) is 0 Å². The van der Waals surface area contributed by atoms with Gasteiger partial charge in [-0.1, -0.05) is 6.92 Å². The minimum Gasteiger partial charge on any atom is -0.335 e. The zero-order chi connectivity index (χ0) is 16.4. The number of nitrogens with zero attached hydrogens (tertiary/aromatic N) is 4. The normalized spacial score (nSPS) is 15.1. The molecule has 126 valence electrons. The van der Waals surface area contributed by atoms with E-state index in [9.17, 15) is 8.42 Å². The fraction of sp³-hybridized carbons (Fsp3) is 0.600. The van der Waals surface area contributed by atoms with Crippen LogP contribution in [0.2, 0.25) is 0 Å². The molecule has 2 aromatic heterocycles. The molecule has 0 aromatic carbocycles. The van der Waals surface area contributed by atoms with Crippen LogP contribution in [-0.2, 0) is 42.5 Å². The van der Waals surface area contributed by atoms with Crippen molar-refractivity contribution in [3.63, 3.8) is 0 Å². The van der Waals surface area contributed by atoms with Gasteiger partial charge in [0.05, 0.1) is 35.7 Å². The molecule has 0 fully saturated rings.